The molecular weight excluding hydrogens is 196 g/mol. The van der Waals surface area contributed by atoms with Crippen molar-refractivity contribution in [1.82, 2.24) is 5.16 Å². The van der Waals surface area contributed by atoms with Crippen LogP contribution in [0.5, 0.6) is 0 Å². The number of nitrogens with zero attached hydrogens (tertiary/aromatic N) is 1. The summed E-state index contributed by atoms with van der Waals surface area (Å²) in [6.07, 6.45) is 0. The maximum atomic E-state index is 11.1. The Morgan fingerprint density at radius 1 is 1.69 bits per heavy atom. The van der Waals surface area contributed by atoms with Gasteiger partial charge in [0.25, 0.3) is 0 Å². The Balaban J connectivity index is 3.06. The number of carbonyl (C=O) groups is 1. The van der Waals surface area contributed by atoms with Crippen molar-refractivity contribution in [3.63, 3.8) is 0 Å². The summed E-state index contributed by atoms with van der Waals surface area (Å²) in [7, 11) is -3.77. The normalized spacial score (nSPS) is 11.5. The van der Waals surface area contributed by atoms with Crippen molar-refractivity contribution in [2.75, 3.05) is 11.5 Å². The first-order chi connectivity index (χ1) is 5.97. The molecule has 2 N–H and O–H groups in total. The zero-order chi connectivity index (χ0) is 10.1. The topological polar surface area (TPSA) is 103 Å². The molecule has 6 nitrogen and oxygen atoms in total. The summed E-state index contributed by atoms with van der Waals surface area (Å²) in [5, 5.41) is 2.12. The maximum absolute atomic E-state index is 11.1. The van der Waals surface area contributed by atoms with Crippen molar-refractivity contribution in [2.45, 2.75) is 6.92 Å². The molecule has 1 aromatic rings. The molecule has 13 heavy (non-hydrogen) atoms. The molecule has 0 unspecified atom stereocenters. The molecule has 0 aliphatic rings. The molecule has 0 saturated heterocycles. The van der Waals surface area contributed by atoms with Gasteiger partial charge < -0.3 is 10.3 Å². The number of hydrogen-bond acceptors (Lipinski definition) is 6. The molecule has 0 bridgehead atoms. The molecule has 0 radical (unpaired) electrons. The van der Waals surface area contributed by atoms with Crippen LogP contribution in [-0.4, -0.2) is 24.4 Å². The van der Waals surface area contributed by atoms with Crippen LogP contribution in [-0.2, 0) is 9.84 Å². The first-order valence-electron chi connectivity index (χ1n) is 3.46. The smallest absolute Gasteiger partial charge is 0.314 e. The maximum Gasteiger partial charge on any atom is 0.314 e. The van der Waals surface area contributed by atoms with E-state index in [0.29, 0.717) is 0 Å². The number of nitrogens with two attached hydrogens (primary N) is 1. The summed E-state index contributed by atoms with van der Waals surface area (Å²) in [5.74, 6) is -0.638. The minimum absolute atomic E-state index is 0.0188. The van der Waals surface area contributed by atoms with Crippen LogP contribution < -0.4 is 5.73 Å². The summed E-state index contributed by atoms with van der Waals surface area (Å²) in [6.45, 7) is 1.37. The number of carbonyl (C=O) groups excluding carboxylic acids is 1. The highest BCUT2D eigenvalue weighted by Gasteiger charge is 2.25. The van der Waals surface area contributed by atoms with Crippen LogP contribution in [0.4, 0.5) is 5.82 Å². The SMILES string of the molecule is CCS(=O)(=O)C(=O)c1cc(N)no1. The third-order valence-corrected chi connectivity index (χ3v) is 2.92. The fraction of sp³-hybridized carbons (Fsp3) is 0.333. The Morgan fingerprint density at radius 3 is 2.69 bits per heavy atom. The fourth-order valence-corrected chi connectivity index (χ4v) is 1.33. The molecule has 0 fully saturated rings. The van der Waals surface area contributed by atoms with E-state index in [9.17, 15) is 13.2 Å². The Hall–Kier alpha value is -1.37. The molecule has 0 spiro atoms. The highest BCUT2D eigenvalue weighted by molar-refractivity contribution is 8.06. The lowest BCUT2D eigenvalue weighted by Crippen LogP contribution is -2.16. The van der Waals surface area contributed by atoms with E-state index in [-0.39, 0.29) is 17.3 Å². The van der Waals surface area contributed by atoms with Crippen LogP contribution in [0.2, 0.25) is 0 Å². The molecule has 0 saturated carbocycles. The Morgan fingerprint density at radius 2 is 2.31 bits per heavy atom. The van der Waals surface area contributed by atoms with Gasteiger partial charge in [0, 0.05) is 6.07 Å². The van der Waals surface area contributed by atoms with Gasteiger partial charge in [0.2, 0.25) is 15.6 Å². The highest BCUT2D eigenvalue weighted by Crippen LogP contribution is 2.09. The van der Waals surface area contributed by atoms with E-state index in [1.54, 1.807) is 0 Å². The standard InChI is InChI=1S/C6H8N2O4S/c1-2-13(10,11)6(9)4-3-5(7)8-12-4/h3H,2H2,1H3,(H2,7,8). The lowest BCUT2D eigenvalue weighted by atomic mass is 10.5. The van der Waals surface area contributed by atoms with E-state index < -0.39 is 15.0 Å². The van der Waals surface area contributed by atoms with Crippen LogP contribution in [0.1, 0.15) is 17.5 Å². The molecule has 0 atom stereocenters. The van der Waals surface area contributed by atoms with Gasteiger partial charge in [-0.15, -0.1) is 0 Å². The summed E-state index contributed by atoms with van der Waals surface area (Å²) in [5.41, 5.74) is 5.15. The number of sulfone groups is 1. The predicted octanol–water partition coefficient (Wildman–Crippen LogP) is -0.168. The second-order valence-corrected chi connectivity index (χ2v) is 4.48. The zero-order valence-corrected chi connectivity index (χ0v) is 7.67. The van der Waals surface area contributed by atoms with Crippen molar-refractivity contribution in [1.29, 1.82) is 0 Å². The number of anilines is 1. The molecule has 1 heterocycles. The summed E-state index contributed by atoms with van der Waals surface area (Å²) in [4.78, 5) is 11.1. The first-order valence-corrected chi connectivity index (χ1v) is 5.12. The zero-order valence-electron chi connectivity index (χ0n) is 6.85. The third kappa shape index (κ3) is 1.86. The van der Waals surface area contributed by atoms with E-state index in [4.69, 9.17) is 5.73 Å². The van der Waals surface area contributed by atoms with Crippen molar-refractivity contribution in [3.8, 4) is 0 Å². The van der Waals surface area contributed by atoms with Crippen LogP contribution in [0, 0.1) is 0 Å². The molecular formula is C6H8N2O4S. The minimum Gasteiger partial charge on any atom is -0.381 e. The van der Waals surface area contributed by atoms with Gasteiger partial charge in [-0.2, -0.15) is 0 Å². The Kier molecular flexibility index (Phi) is 2.37. The highest BCUT2D eigenvalue weighted by atomic mass is 32.2. The molecule has 1 aromatic heterocycles. The number of aromatic nitrogens is 1. The van der Waals surface area contributed by atoms with E-state index >= 15 is 0 Å². The van der Waals surface area contributed by atoms with Crippen molar-refractivity contribution < 1.29 is 17.7 Å². The van der Waals surface area contributed by atoms with Gasteiger partial charge >= 0.3 is 5.12 Å². The van der Waals surface area contributed by atoms with Crippen molar-refractivity contribution in [3.05, 3.63) is 11.8 Å². The summed E-state index contributed by atoms with van der Waals surface area (Å²) < 4.78 is 26.5. The number of nitrogen functional groups attached to an aromatic ring is 1. The van der Waals surface area contributed by atoms with E-state index in [1.165, 1.54) is 6.92 Å². The second-order valence-electron chi connectivity index (χ2n) is 2.31. The number of rotatable bonds is 2. The number of hydrogen-bond donors (Lipinski definition) is 1. The molecule has 0 aliphatic carbocycles. The van der Waals surface area contributed by atoms with Crippen LogP contribution in [0.3, 0.4) is 0 Å². The lowest BCUT2D eigenvalue weighted by molar-refractivity contribution is 0.104. The van der Waals surface area contributed by atoms with E-state index in [0.717, 1.165) is 6.07 Å². The first kappa shape index (κ1) is 9.72. The molecule has 0 amide bonds. The van der Waals surface area contributed by atoms with Gasteiger partial charge in [0.15, 0.2) is 5.82 Å². The summed E-state index contributed by atoms with van der Waals surface area (Å²) in [6, 6.07) is 1.08. The van der Waals surface area contributed by atoms with E-state index in [2.05, 4.69) is 9.68 Å². The molecule has 1 rings (SSSR count). The monoisotopic (exact) mass is 204 g/mol. The summed E-state index contributed by atoms with van der Waals surface area (Å²) >= 11 is 0. The Bertz CT molecular complexity index is 420. The lowest BCUT2D eigenvalue weighted by Gasteiger charge is -1.93. The van der Waals surface area contributed by atoms with Crippen LogP contribution in [0.25, 0.3) is 0 Å². The fourth-order valence-electron chi connectivity index (χ4n) is 0.669. The third-order valence-electron chi connectivity index (χ3n) is 1.39. The predicted molar refractivity (Wildman–Crippen MR) is 44.7 cm³/mol. The van der Waals surface area contributed by atoms with Gasteiger partial charge in [-0.3, -0.25) is 4.79 Å². The molecule has 72 valence electrons. The molecule has 0 aromatic carbocycles. The molecule has 0 aliphatic heterocycles. The van der Waals surface area contributed by atoms with Crippen molar-refractivity contribution in [2.24, 2.45) is 0 Å². The van der Waals surface area contributed by atoms with Crippen molar-refractivity contribution >= 4 is 20.8 Å². The van der Waals surface area contributed by atoms with Gasteiger partial charge in [-0.05, 0) is 0 Å². The van der Waals surface area contributed by atoms with E-state index in [1.807, 2.05) is 0 Å². The second kappa shape index (κ2) is 3.17. The quantitative estimate of drug-likeness (QED) is 0.717. The average Bonchev–Trinajstić information content (AvgIpc) is 2.50. The van der Waals surface area contributed by atoms with Crippen LogP contribution in [0.15, 0.2) is 10.6 Å². The van der Waals surface area contributed by atoms with Gasteiger partial charge in [0.1, 0.15) is 0 Å². The van der Waals surface area contributed by atoms with Crippen LogP contribution >= 0.6 is 0 Å². The van der Waals surface area contributed by atoms with Gasteiger partial charge in [-0.25, -0.2) is 8.42 Å². The average molecular weight is 204 g/mol. The minimum atomic E-state index is -3.77. The largest absolute Gasteiger partial charge is 0.381 e. The molecule has 7 heteroatoms. The van der Waals surface area contributed by atoms with Gasteiger partial charge in [0.05, 0.1) is 5.75 Å². The van der Waals surface area contributed by atoms with Gasteiger partial charge in [-0.1, -0.05) is 12.1 Å². The Labute approximate surface area is 74.6 Å².